The minimum Gasteiger partial charge on any atom is -0.357 e. The molecule has 30 heavy (non-hydrogen) atoms. The zero-order valence-electron chi connectivity index (χ0n) is 17.3. The van der Waals surface area contributed by atoms with E-state index in [0.717, 1.165) is 17.7 Å². The molecule has 0 fully saturated rings. The Hall–Kier alpha value is -3.35. The Morgan fingerprint density at radius 3 is 2.63 bits per heavy atom. The monoisotopic (exact) mass is 407 g/mol. The minimum absolute atomic E-state index is 0.0141. The van der Waals surface area contributed by atoms with E-state index in [-0.39, 0.29) is 24.3 Å². The van der Waals surface area contributed by atoms with E-state index in [4.69, 9.17) is 0 Å². The normalized spacial score (nSPS) is 15.7. The molecular weight excluding hydrogens is 378 g/mol. The molecule has 1 aliphatic heterocycles. The van der Waals surface area contributed by atoms with E-state index in [0.29, 0.717) is 32.0 Å². The van der Waals surface area contributed by atoms with Crippen LogP contribution in [0.15, 0.2) is 59.6 Å². The highest BCUT2D eigenvalue weighted by Crippen LogP contribution is 2.31. The van der Waals surface area contributed by atoms with E-state index in [1.807, 2.05) is 61.5 Å². The molecule has 1 aliphatic rings. The number of carbonyl (C=O) groups is 2. The SMILES string of the molecule is CCNC(=NCC(=O)NCCc1ccccc1)NCC1CC(=O)Nc2ccccc21. The number of guanidine groups is 1. The maximum absolute atomic E-state index is 12.1. The molecule has 158 valence electrons. The van der Waals surface area contributed by atoms with Gasteiger partial charge in [0, 0.05) is 37.7 Å². The quantitative estimate of drug-likeness (QED) is 0.398. The van der Waals surface area contributed by atoms with Crippen molar-refractivity contribution < 1.29 is 9.59 Å². The smallest absolute Gasteiger partial charge is 0.241 e. The number of rotatable bonds is 8. The number of benzene rings is 2. The number of aliphatic imine (C=N–C) groups is 1. The number of carbonyl (C=O) groups excluding carboxylic acids is 2. The number of amides is 2. The third-order valence-corrected chi connectivity index (χ3v) is 4.93. The lowest BCUT2D eigenvalue weighted by molar-refractivity contribution is -0.119. The predicted molar refractivity (Wildman–Crippen MR) is 120 cm³/mol. The standard InChI is InChI=1S/C23H29N5O2/c1-2-24-23(27-16-22(30)25-13-12-17-8-4-3-5-9-17)26-15-18-14-21(29)28-20-11-7-6-10-19(18)20/h3-11,18H,2,12-16H2,1H3,(H,25,30)(H,28,29)(H2,24,26,27). The maximum atomic E-state index is 12.1. The van der Waals surface area contributed by atoms with Crippen molar-refractivity contribution in [3.8, 4) is 0 Å². The van der Waals surface area contributed by atoms with Gasteiger partial charge in [0.1, 0.15) is 6.54 Å². The molecule has 0 radical (unpaired) electrons. The molecule has 1 atom stereocenters. The number of hydrogen-bond donors (Lipinski definition) is 4. The van der Waals surface area contributed by atoms with Crippen LogP contribution < -0.4 is 21.3 Å². The summed E-state index contributed by atoms with van der Waals surface area (Å²) in [6.07, 6.45) is 1.21. The molecule has 2 amide bonds. The van der Waals surface area contributed by atoms with Gasteiger partial charge in [0.15, 0.2) is 5.96 Å². The maximum Gasteiger partial charge on any atom is 0.241 e. The number of fused-ring (bicyclic) bond motifs is 1. The van der Waals surface area contributed by atoms with Gasteiger partial charge in [-0.15, -0.1) is 0 Å². The van der Waals surface area contributed by atoms with Crippen LogP contribution >= 0.6 is 0 Å². The molecule has 1 unspecified atom stereocenters. The van der Waals surface area contributed by atoms with Crippen LogP contribution in [-0.4, -0.2) is 44.0 Å². The molecule has 0 aromatic heterocycles. The molecule has 7 nitrogen and oxygen atoms in total. The van der Waals surface area contributed by atoms with Crippen LogP contribution in [0.4, 0.5) is 5.69 Å². The number of hydrogen-bond acceptors (Lipinski definition) is 3. The van der Waals surface area contributed by atoms with Gasteiger partial charge in [0.2, 0.25) is 11.8 Å². The van der Waals surface area contributed by atoms with E-state index in [9.17, 15) is 9.59 Å². The van der Waals surface area contributed by atoms with Crippen molar-refractivity contribution in [2.75, 3.05) is 31.5 Å². The van der Waals surface area contributed by atoms with E-state index >= 15 is 0 Å². The van der Waals surface area contributed by atoms with Crippen LogP contribution in [0.1, 0.15) is 30.4 Å². The van der Waals surface area contributed by atoms with E-state index in [1.54, 1.807) is 0 Å². The molecule has 0 bridgehead atoms. The summed E-state index contributed by atoms with van der Waals surface area (Å²) in [5.74, 6) is 0.517. The van der Waals surface area contributed by atoms with Crippen LogP contribution in [0.25, 0.3) is 0 Å². The van der Waals surface area contributed by atoms with Crippen LogP contribution in [0.3, 0.4) is 0 Å². The fourth-order valence-electron chi connectivity index (χ4n) is 3.44. The summed E-state index contributed by atoms with van der Waals surface area (Å²) in [6, 6.07) is 17.9. The molecule has 0 saturated heterocycles. The van der Waals surface area contributed by atoms with Crippen LogP contribution in [-0.2, 0) is 16.0 Å². The minimum atomic E-state index is -0.120. The molecule has 1 heterocycles. The lowest BCUT2D eigenvalue weighted by Crippen LogP contribution is -2.41. The Kier molecular flexibility index (Phi) is 7.83. The summed E-state index contributed by atoms with van der Waals surface area (Å²) in [6.45, 7) is 3.84. The van der Waals surface area contributed by atoms with Crippen molar-refractivity contribution >= 4 is 23.5 Å². The van der Waals surface area contributed by atoms with Crippen molar-refractivity contribution in [2.45, 2.75) is 25.7 Å². The molecule has 0 saturated carbocycles. The first-order chi connectivity index (χ1) is 14.7. The highest BCUT2D eigenvalue weighted by Gasteiger charge is 2.24. The average Bonchev–Trinajstić information content (AvgIpc) is 2.76. The summed E-state index contributed by atoms with van der Waals surface area (Å²) in [5, 5.41) is 12.2. The van der Waals surface area contributed by atoms with Gasteiger partial charge in [-0.05, 0) is 30.5 Å². The van der Waals surface area contributed by atoms with Gasteiger partial charge in [-0.2, -0.15) is 0 Å². The molecular formula is C23H29N5O2. The van der Waals surface area contributed by atoms with Gasteiger partial charge < -0.3 is 21.3 Å². The molecule has 3 rings (SSSR count). The first-order valence-electron chi connectivity index (χ1n) is 10.4. The Morgan fingerprint density at radius 1 is 1.07 bits per heavy atom. The third-order valence-electron chi connectivity index (χ3n) is 4.93. The van der Waals surface area contributed by atoms with Crippen molar-refractivity contribution in [3.63, 3.8) is 0 Å². The summed E-state index contributed by atoms with van der Waals surface area (Å²) in [5.41, 5.74) is 3.16. The fourth-order valence-corrected chi connectivity index (χ4v) is 3.44. The fraction of sp³-hybridized carbons (Fsp3) is 0.348. The Bertz CT molecular complexity index is 882. The van der Waals surface area contributed by atoms with Crippen LogP contribution in [0, 0.1) is 0 Å². The van der Waals surface area contributed by atoms with E-state index < -0.39 is 0 Å². The highest BCUT2D eigenvalue weighted by molar-refractivity contribution is 5.95. The molecule has 7 heteroatoms. The largest absolute Gasteiger partial charge is 0.357 e. The average molecular weight is 408 g/mol. The third kappa shape index (κ3) is 6.34. The summed E-state index contributed by atoms with van der Waals surface area (Å²) in [7, 11) is 0. The van der Waals surface area contributed by atoms with Crippen molar-refractivity contribution in [1.82, 2.24) is 16.0 Å². The van der Waals surface area contributed by atoms with Gasteiger partial charge in [0.25, 0.3) is 0 Å². The van der Waals surface area contributed by atoms with E-state index in [2.05, 4.69) is 26.3 Å². The molecule has 2 aromatic carbocycles. The van der Waals surface area contributed by atoms with Crippen LogP contribution in [0.2, 0.25) is 0 Å². The lowest BCUT2D eigenvalue weighted by Gasteiger charge is -2.26. The van der Waals surface area contributed by atoms with Gasteiger partial charge in [-0.3, -0.25) is 9.59 Å². The Labute approximate surface area is 177 Å². The van der Waals surface area contributed by atoms with Gasteiger partial charge in [-0.1, -0.05) is 48.5 Å². The van der Waals surface area contributed by atoms with Crippen molar-refractivity contribution in [2.24, 2.45) is 4.99 Å². The zero-order chi connectivity index (χ0) is 21.2. The summed E-state index contributed by atoms with van der Waals surface area (Å²) in [4.78, 5) is 28.5. The number of nitrogens with one attached hydrogen (secondary N) is 4. The Morgan fingerprint density at radius 2 is 1.83 bits per heavy atom. The van der Waals surface area contributed by atoms with E-state index in [1.165, 1.54) is 5.56 Å². The highest BCUT2D eigenvalue weighted by atomic mass is 16.2. The molecule has 0 spiro atoms. The first kappa shape index (κ1) is 21.4. The Balaban J connectivity index is 1.49. The summed E-state index contributed by atoms with van der Waals surface area (Å²) < 4.78 is 0. The predicted octanol–water partition coefficient (Wildman–Crippen LogP) is 2.03. The topological polar surface area (TPSA) is 94.6 Å². The second-order valence-electron chi connectivity index (χ2n) is 7.20. The van der Waals surface area contributed by atoms with Gasteiger partial charge in [0.05, 0.1) is 0 Å². The zero-order valence-corrected chi connectivity index (χ0v) is 17.3. The molecule has 0 aliphatic carbocycles. The lowest BCUT2D eigenvalue weighted by atomic mass is 9.90. The second-order valence-corrected chi connectivity index (χ2v) is 7.20. The van der Waals surface area contributed by atoms with Gasteiger partial charge >= 0.3 is 0 Å². The number of para-hydroxylation sites is 1. The molecule has 4 N–H and O–H groups in total. The first-order valence-corrected chi connectivity index (χ1v) is 10.4. The van der Waals surface area contributed by atoms with Crippen LogP contribution in [0.5, 0.6) is 0 Å². The summed E-state index contributed by atoms with van der Waals surface area (Å²) >= 11 is 0. The number of nitrogens with zero attached hydrogens (tertiary/aromatic N) is 1. The van der Waals surface area contributed by atoms with Crippen molar-refractivity contribution in [3.05, 3.63) is 65.7 Å². The van der Waals surface area contributed by atoms with Crippen molar-refractivity contribution in [1.29, 1.82) is 0 Å². The number of anilines is 1. The van der Waals surface area contributed by atoms with Gasteiger partial charge in [-0.25, -0.2) is 4.99 Å². The molecule has 2 aromatic rings. The second kappa shape index (κ2) is 11.0.